The molecule has 0 radical (unpaired) electrons. The van der Waals surface area contributed by atoms with Crippen molar-refractivity contribution < 1.29 is 4.79 Å². The SMILES string of the molecule is Cc1ccc(NC(=O)Cn2cccc2)cc1Br. The van der Waals surface area contributed by atoms with E-state index in [4.69, 9.17) is 0 Å². The number of benzene rings is 1. The van der Waals surface area contributed by atoms with Crippen molar-refractivity contribution in [2.45, 2.75) is 13.5 Å². The number of carbonyl (C=O) groups is 1. The molecule has 3 nitrogen and oxygen atoms in total. The zero-order chi connectivity index (χ0) is 12.3. The summed E-state index contributed by atoms with van der Waals surface area (Å²) in [5.74, 6) is -0.0306. The van der Waals surface area contributed by atoms with E-state index in [1.807, 2.05) is 54.2 Å². The van der Waals surface area contributed by atoms with E-state index in [1.165, 1.54) is 0 Å². The van der Waals surface area contributed by atoms with E-state index in [0.717, 1.165) is 15.7 Å². The molecule has 0 spiro atoms. The molecule has 1 heterocycles. The van der Waals surface area contributed by atoms with Crippen molar-refractivity contribution >= 4 is 27.5 Å². The van der Waals surface area contributed by atoms with E-state index in [1.54, 1.807) is 0 Å². The topological polar surface area (TPSA) is 34.0 Å². The van der Waals surface area contributed by atoms with E-state index in [2.05, 4.69) is 21.2 Å². The maximum atomic E-state index is 11.7. The standard InChI is InChI=1S/C13H13BrN2O/c1-10-4-5-11(8-12(10)14)15-13(17)9-16-6-2-3-7-16/h2-8H,9H2,1H3,(H,15,17). The molecule has 0 saturated heterocycles. The second-order valence-corrected chi connectivity index (χ2v) is 4.72. The number of halogens is 1. The van der Waals surface area contributed by atoms with Crippen LogP contribution in [-0.2, 0) is 11.3 Å². The van der Waals surface area contributed by atoms with Crippen molar-refractivity contribution in [1.82, 2.24) is 4.57 Å². The number of amides is 1. The van der Waals surface area contributed by atoms with Gasteiger partial charge in [0.1, 0.15) is 6.54 Å². The Morgan fingerprint density at radius 1 is 1.35 bits per heavy atom. The molecule has 0 aliphatic heterocycles. The number of nitrogens with zero attached hydrogens (tertiary/aromatic N) is 1. The first-order valence-corrected chi connectivity index (χ1v) is 6.11. The largest absolute Gasteiger partial charge is 0.345 e. The van der Waals surface area contributed by atoms with Gasteiger partial charge in [-0.15, -0.1) is 0 Å². The number of anilines is 1. The summed E-state index contributed by atoms with van der Waals surface area (Å²) in [5.41, 5.74) is 1.95. The zero-order valence-electron chi connectivity index (χ0n) is 9.48. The van der Waals surface area contributed by atoms with E-state index in [0.29, 0.717) is 6.54 Å². The highest BCUT2D eigenvalue weighted by Crippen LogP contribution is 2.20. The smallest absolute Gasteiger partial charge is 0.244 e. The van der Waals surface area contributed by atoms with Crippen LogP contribution in [0.2, 0.25) is 0 Å². The predicted octanol–water partition coefficient (Wildman–Crippen LogP) is 3.20. The summed E-state index contributed by atoms with van der Waals surface area (Å²) in [7, 11) is 0. The van der Waals surface area contributed by atoms with Gasteiger partial charge in [0.25, 0.3) is 0 Å². The van der Waals surface area contributed by atoms with Gasteiger partial charge in [0.15, 0.2) is 0 Å². The molecule has 0 unspecified atom stereocenters. The third-order valence-corrected chi connectivity index (χ3v) is 3.30. The van der Waals surface area contributed by atoms with Gasteiger partial charge in [-0.25, -0.2) is 0 Å². The normalized spacial score (nSPS) is 10.2. The summed E-state index contributed by atoms with van der Waals surface area (Å²) in [4.78, 5) is 11.7. The molecule has 0 aliphatic carbocycles. The van der Waals surface area contributed by atoms with E-state index < -0.39 is 0 Å². The van der Waals surface area contributed by atoms with Crippen LogP contribution in [0, 0.1) is 6.92 Å². The van der Waals surface area contributed by atoms with Crippen LogP contribution in [0.4, 0.5) is 5.69 Å². The molecular formula is C13H13BrN2O. The quantitative estimate of drug-likeness (QED) is 0.926. The minimum atomic E-state index is -0.0306. The molecule has 1 aromatic carbocycles. The molecular weight excluding hydrogens is 280 g/mol. The molecule has 0 aliphatic rings. The Balaban J connectivity index is 2.00. The number of nitrogens with one attached hydrogen (secondary N) is 1. The number of hydrogen-bond donors (Lipinski definition) is 1. The summed E-state index contributed by atoms with van der Waals surface area (Å²) in [6.45, 7) is 2.34. The number of carbonyl (C=O) groups excluding carboxylic acids is 1. The molecule has 17 heavy (non-hydrogen) atoms. The molecule has 0 atom stereocenters. The Hall–Kier alpha value is -1.55. The number of rotatable bonds is 3. The van der Waals surface area contributed by atoms with Gasteiger partial charge in [-0.1, -0.05) is 22.0 Å². The molecule has 88 valence electrons. The highest BCUT2D eigenvalue weighted by Gasteiger charge is 2.03. The van der Waals surface area contributed by atoms with Crippen molar-refractivity contribution in [3.63, 3.8) is 0 Å². The molecule has 0 saturated carbocycles. The van der Waals surface area contributed by atoms with Gasteiger partial charge < -0.3 is 9.88 Å². The lowest BCUT2D eigenvalue weighted by Gasteiger charge is -2.07. The fourth-order valence-corrected chi connectivity index (χ4v) is 1.89. The van der Waals surface area contributed by atoms with Gasteiger partial charge in [-0.2, -0.15) is 0 Å². The van der Waals surface area contributed by atoms with E-state index in [-0.39, 0.29) is 5.91 Å². The Morgan fingerprint density at radius 2 is 2.06 bits per heavy atom. The lowest BCUT2D eigenvalue weighted by molar-refractivity contribution is -0.116. The van der Waals surface area contributed by atoms with Crippen molar-refractivity contribution in [2.75, 3.05) is 5.32 Å². The Labute approximate surface area is 109 Å². The summed E-state index contributed by atoms with van der Waals surface area (Å²) < 4.78 is 2.83. The first kappa shape index (κ1) is 11.9. The van der Waals surface area contributed by atoms with Gasteiger partial charge in [-0.05, 0) is 36.8 Å². The van der Waals surface area contributed by atoms with Gasteiger partial charge in [0.2, 0.25) is 5.91 Å². The molecule has 1 aromatic heterocycles. The zero-order valence-corrected chi connectivity index (χ0v) is 11.1. The van der Waals surface area contributed by atoms with Crippen LogP contribution in [0.3, 0.4) is 0 Å². The maximum absolute atomic E-state index is 11.7. The van der Waals surface area contributed by atoms with Crippen LogP contribution >= 0.6 is 15.9 Å². The van der Waals surface area contributed by atoms with Gasteiger partial charge >= 0.3 is 0 Å². The lowest BCUT2D eigenvalue weighted by atomic mass is 10.2. The first-order valence-electron chi connectivity index (χ1n) is 5.32. The van der Waals surface area contributed by atoms with Crippen molar-refractivity contribution in [1.29, 1.82) is 0 Å². The Morgan fingerprint density at radius 3 is 2.71 bits per heavy atom. The summed E-state index contributed by atoms with van der Waals surface area (Å²) >= 11 is 3.44. The maximum Gasteiger partial charge on any atom is 0.244 e. The van der Waals surface area contributed by atoms with Crippen LogP contribution in [0.5, 0.6) is 0 Å². The van der Waals surface area contributed by atoms with Crippen LogP contribution in [-0.4, -0.2) is 10.5 Å². The van der Waals surface area contributed by atoms with Crippen LogP contribution in [0.1, 0.15) is 5.56 Å². The molecule has 0 bridgehead atoms. The Kier molecular flexibility index (Phi) is 3.64. The van der Waals surface area contributed by atoms with Crippen molar-refractivity contribution in [3.05, 3.63) is 52.8 Å². The fourth-order valence-electron chi connectivity index (χ4n) is 1.51. The molecule has 2 rings (SSSR count). The third kappa shape index (κ3) is 3.20. The van der Waals surface area contributed by atoms with E-state index >= 15 is 0 Å². The first-order chi connectivity index (χ1) is 8.15. The number of aromatic nitrogens is 1. The van der Waals surface area contributed by atoms with Crippen LogP contribution < -0.4 is 5.32 Å². The number of aryl methyl sites for hydroxylation is 1. The molecule has 0 fully saturated rings. The van der Waals surface area contributed by atoms with E-state index in [9.17, 15) is 4.79 Å². The van der Waals surface area contributed by atoms with Crippen LogP contribution in [0.15, 0.2) is 47.2 Å². The molecule has 2 aromatic rings. The second kappa shape index (κ2) is 5.19. The minimum absolute atomic E-state index is 0.0306. The highest BCUT2D eigenvalue weighted by atomic mass is 79.9. The average Bonchev–Trinajstić information content (AvgIpc) is 2.76. The summed E-state index contributed by atoms with van der Waals surface area (Å²) in [6.07, 6.45) is 3.73. The van der Waals surface area contributed by atoms with Gasteiger partial charge in [-0.3, -0.25) is 4.79 Å². The summed E-state index contributed by atoms with van der Waals surface area (Å²) in [5, 5.41) is 2.86. The van der Waals surface area contributed by atoms with Gasteiger partial charge in [0.05, 0.1) is 0 Å². The predicted molar refractivity (Wildman–Crippen MR) is 71.9 cm³/mol. The summed E-state index contributed by atoms with van der Waals surface area (Å²) in [6, 6.07) is 9.57. The van der Waals surface area contributed by atoms with Gasteiger partial charge in [0, 0.05) is 22.6 Å². The van der Waals surface area contributed by atoms with Crippen molar-refractivity contribution in [2.24, 2.45) is 0 Å². The minimum Gasteiger partial charge on any atom is -0.345 e. The van der Waals surface area contributed by atoms with Crippen LogP contribution in [0.25, 0.3) is 0 Å². The molecule has 4 heteroatoms. The molecule has 1 amide bonds. The second-order valence-electron chi connectivity index (χ2n) is 3.87. The highest BCUT2D eigenvalue weighted by molar-refractivity contribution is 9.10. The number of hydrogen-bond acceptors (Lipinski definition) is 1. The molecule has 1 N–H and O–H groups in total. The lowest BCUT2D eigenvalue weighted by Crippen LogP contribution is -2.17. The Bertz CT molecular complexity index is 520. The monoisotopic (exact) mass is 292 g/mol. The average molecular weight is 293 g/mol. The fraction of sp³-hybridized carbons (Fsp3) is 0.154. The third-order valence-electron chi connectivity index (χ3n) is 2.45. The van der Waals surface area contributed by atoms with Crippen molar-refractivity contribution in [3.8, 4) is 0 Å².